The molecule has 3 heterocycles. The Labute approximate surface area is 192 Å². The third-order valence-electron chi connectivity index (χ3n) is 5.52. The molecule has 1 fully saturated rings. The van der Waals surface area contributed by atoms with E-state index in [1.54, 1.807) is 23.1 Å². The number of halogens is 2. The van der Waals surface area contributed by atoms with Gasteiger partial charge >= 0.3 is 6.61 Å². The largest absolute Gasteiger partial charge is 0.461 e. The molecule has 3 aromatic heterocycles. The fourth-order valence-corrected chi connectivity index (χ4v) is 4.92. The average Bonchev–Trinajstić information content (AvgIpc) is 3.59. The van der Waals surface area contributed by atoms with Gasteiger partial charge in [0.05, 0.1) is 17.7 Å². The van der Waals surface area contributed by atoms with Crippen LogP contribution in [0, 0.1) is 0 Å². The van der Waals surface area contributed by atoms with Crippen LogP contribution in [0.1, 0.15) is 44.0 Å². The number of hydrogen-bond acceptors (Lipinski definition) is 8. The minimum absolute atomic E-state index is 0.0730. The first-order chi connectivity index (χ1) is 16.2. The number of ether oxygens (including phenoxy) is 1. The van der Waals surface area contributed by atoms with E-state index < -0.39 is 6.61 Å². The van der Waals surface area contributed by atoms with E-state index in [-0.39, 0.29) is 5.75 Å². The topological polar surface area (TPSA) is 96.7 Å². The van der Waals surface area contributed by atoms with Crippen molar-refractivity contribution in [3.63, 3.8) is 0 Å². The Morgan fingerprint density at radius 1 is 1.06 bits per heavy atom. The molecule has 12 heteroatoms. The molecule has 9 nitrogen and oxygen atoms in total. The Morgan fingerprint density at radius 3 is 2.61 bits per heavy atom. The van der Waals surface area contributed by atoms with Crippen LogP contribution in [0.25, 0.3) is 17.3 Å². The van der Waals surface area contributed by atoms with Crippen molar-refractivity contribution in [2.45, 2.75) is 55.7 Å². The first-order valence-electron chi connectivity index (χ1n) is 10.6. The van der Waals surface area contributed by atoms with E-state index in [0.29, 0.717) is 29.1 Å². The molecule has 172 valence electrons. The van der Waals surface area contributed by atoms with E-state index >= 15 is 0 Å². The van der Waals surface area contributed by atoms with Crippen LogP contribution in [0.15, 0.2) is 52.2 Å². The lowest BCUT2D eigenvalue weighted by atomic mass is 9.95. The Morgan fingerprint density at radius 2 is 1.88 bits per heavy atom. The molecule has 1 saturated carbocycles. The van der Waals surface area contributed by atoms with E-state index in [1.807, 2.05) is 12.1 Å². The predicted octanol–water partition coefficient (Wildman–Crippen LogP) is 4.91. The maximum absolute atomic E-state index is 12.4. The van der Waals surface area contributed by atoms with Gasteiger partial charge in [-0.1, -0.05) is 31.0 Å². The summed E-state index contributed by atoms with van der Waals surface area (Å²) in [6, 6.07) is 10.2. The molecule has 0 amide bonds. The first kappa shape index (κ1) is 21.6. The molecule has 0 N–H and O–H groups in total. The van der Waals surface area contributed by atoms with Crippen molar-refractivity contribution >= 4 is 11.8 Å². The molecule has 0 radical (unpaired) electrons. The molecular formula is C21H21F2N7O2S. The Bertz CT molecular complexity index is 1170. The second-order valence-corrected chi connectivity index (χ2v) is 8.56. The standard InChI is InChI=1S/C21H21F2N7O2S/c22-20(23)32-16-10-8-15(9-11-16)30-18(24-27-28-30)13-33-21-26-25-19(17-7-4-12-31-17)29(21)14-5-2-1-3-6-14/h4,7-12,14,20H,1-3,5-6,13H2. The molecule has 0 atom stereocenters. The first-order valence-corrected chi connectivity index (χ1v) is 11.6. The summed E-state index contributed by atoms with van der Waals surface area (Å²) in [6.07, 6.45) is 7.37. The molecule has 0 spiro atoms. The number of alkyl halides is 2. The lowest BCUT2D eigenvalue weighted by Crippen LogP contribution is -2.15. The fourth-order valence-electron chi connectivity index (χ4n) is 4.01. The van der Waals surface area contributed by atoms with Gasteiger partial charge in [0.15, 0.2) is 16.7 Å². The number of hydrogen-bond donors (Lipinski definition) is 0. The highest BCUT2D eigenvalue weighted by atomic mass is 32.2. The van der Waals surface area contributed by atoms with E-state index in [4.69, 9.17) is 4.42 Å². The van der Waals surface area contributed by atoms with Gasteiger partial charge in [0.25, 0.3) is 0 Å². The molecule has 0 aliphatic heterocycles. The zero-order valence-corrected chi connectivity index (χ0v) is 18.4. The molecule has 4 aromatic rings. The minimum Gasteiger partial charge on any atom is -0.461 e. The van der Waals surface area contributed by atoms with Gasteiger partial charge in [-0.05, 0) is 59.7 Å². The minimum atomic E-state index is -2.87. The van der Waals surface area contributed by atoms with Crippen LogP contribution < -0.4 is 4.74 Å². The van der Waals surface area contributed by atoms with E-state index in [9.17, 15) is 8.78 Å². The van der Waals surface area contributed by atoms with Crippen molar-refractivity contribution in [2.75, 3.05) is 0 Å². The summed E-state index contributed by atoms with van der Waals surface area (Å²) in [6.45, 7) is -2.87. The molecule has 33 heavy (non-hydrogen) atoms. The number of nitrogens with zero attached hydrogens (tertiary/aromatic N) is 7. The van der Waals surface area contributed by atoms with Crippen molar-refractivity contribution < 1.29 is 17.9 Å². The van der Waals surface area contributed by atoms with Crippen LogP contribution in [0.4, 0.5) is 8.78 Å². The summed E-state index contributed by atoms with van der Waals surface area (Å²) in [5.74, 6) is 2.54. The van der Waals surface area contributed by atoms with Crippen LogP contribution in [-0.2, 0) is 5.75 Å². The molecular weight excluding hydrogens is 452 g/mol. The van der Waals surface area contributed by atoms with Crippen molar-refractivity contribution in [1.82, 2.24) is 35.0 Å². The van der Waals surface area contributed by atoms with Gasteiger partial charge in [-0.2, -0.15) is 13.5 Å². The van der Waals surface area contributed by atoms with E-state index in [2.05, 4.69) is 35.0 Å². The smallest absolute Gasteiger partial charge is 0.387 e. The number of furan rings is 1. The Kier molecular flexibility index (Phi) is 6.33. The summed E-state index contributed by atoms with van der Waals surface area (Å²) < 4.78 is 38.5. The lowest BCUT2D eigenvalue weighted by Gasteiger charge is -2.25. The molecule has 0 unspecified atom stereocenters. The van der Waals surface area contributed by atoms with Crippen LogP contribution in [0.5, 0.6) is 5.75 Å². The van der Waals surface area contributed by atoms with Crippen LogP contribution in [0.2, 0.25) is 0 Å². The summed E-state index contributed by atoms with van der Waals surface area (Å²) in [4.78, 5) is 0. The van der Waals surface area contributed by atoms with Crippen molar-refractivity contribution in [1.29, 1.82) is 0 Å². The fraction of sp³-hybridized carbons (Fsp3) is 0.381. The van der Waals surface area contributed by atoms with Gasteiger partial charge in [-0.25, -0.2) is 0 Å². The highest BCUT2D eigenvalue weighted by Crippen LogP contribution is 2.36. The SMILES string of the molecule is FC(F)Oc1ccc(-n2nnnc2CSc2nnc(-c3ccco3)n2C2CCCCC2)cc1. The molecule has 0 saturated heterocycles. The quantitative estimate of drug-likeness (QED) is 0.333. The van der Waals surface area contributed by atoms with Crippen molar-refractivity contribution in [3.05, 3.63) is 48.5 Å². The number of tetrazole rings is 1. The van der Waals surface area contributed by atoms with Gasteiger partial charge < -0.3 is 9.15 Å². The number of benzene rings is 1. The van der Waals surface area contributed by atoms with Gasteiger partial charge in [-0.15, -0.1) is 15.3 Å². The molecule has 0 bridgehead atoms. The predicted molar refractivity (Wildman–Crippen MR) is 115 cm³/mol. The van der Waals surface area contributed by atoms with Crippen LogP contribution in [0.3, 0.4) is 0 Å². The summed E-state index contributed by atoms with van der Waals surface area (Å²) >= 11 is 1.50. The third-order valence-corrected chi connectivity index (χ3v) is 6.46. The maximum Gasteiger partial charge on any atom is 0.387 e. The Hall–Kier alpha value is -3.28. The monoisotopic (exact) mass is 473 g/mol. The summed E-state index contributed by atoms with van der Waals surface area (Å²) in [5, 5.41) is 21.6. The van der Waals surface area contributed by atoms with E-state index in [0.717, 1.165) is 23.8 Å². The number of rotatable bonds is 8. The van der Waals surface area contributed by atoms with Gasteiger partial charge in [0, 0.05) is 6.04 Å². The second-order valence-electron chi connectivity index (χ2n) is 7.61. The van der Waals surface area contributed by atoms with Gasteiger partial charge in [0.1, 0.15) is 5.75 Å². The maximum atomic E-state index is 12.4. The number of thioether (sulfide) groups is 1. The van der Waals surface area contributed by atoms with Crippen LogP contribution >= 0.6 is 11.8 Å². The molecule has 1 aromatic carbocycles. The molecule has 1 aliphatic rings. The average molecular weight is 474 g/mol. The Balaban J connectivity index is 1.37. The highest BCUT2D eigenvalue weighted by Gasteiger charge is 2.25. The third kappa shape index (κ3) is 4.75. The molecule has 1 aliphatic carbocycles. The molecule has 5 rings (SSSR count). The zero-order valence-electron chi connectivity index (χ0n) is 17.5. The van der Waals surface area contributed by atoms with Crippen LogP contribution in [-0.4, -0.2) is 41.6 Å². The zero-order chi connectivity index (χ0) is 22.6. The second kappa shape index (κ2) is 9.69. The van der Waals surface area contributed by atoms with E-state index in [1.165, 1.54) is 43.2 Å². The summed E-state index contributed by atoms with van der Waals surface area (Å²) in [5.41, 5.74) is 0.641. The van der Waals surface area contributed by atoms with Crippen molar-refractivity contribution in [3.8, 4) is 23.0 Å². The normalized spacial score (nSPS) is 14.8. The highest BCUT2D eigenvalue weighted by molar-refractivity contribution is 7.98. The van der Waals surface area contributed by atoms with Gasteiger partial charge in [0.2, 0.25) is 5.82 Å². The van der Waals surface area contributed by atoms with Gasteiger partial charge in [-0.3, -0.25) is 4.57 Å². The summed E-state index contributed by atoms with van der Waals surface area (Å²) in [7, 11) is 0. The lowest BCUT2D eigenvalue weighted by molar-refractivity contribution is -0.0498. The number of aromatic nitrogens is 7. The van der Waals surface area contributed by atoms with Crippen molar-refractivity contribution in [2.24, 2.45) is 0 Å².